The summed E-state index contributed by atoms with van der Waals surface area (Å²) in [4.78, 5) is 11.5. The molecule has 106 valence electrons. The topological polar surface area (TPSA) is 46.5 Å². The number of alkyl halides is 2. The SMILES string of the molecule is CCC(O)(c1ccc(F)cc1)C(C(=O)OC)C(F)F. The minimum Gasteiger partial charge on any atom is -0.469 e. The zero-order valence-electron chi connectivity index (χ0n) is 10.6. The maximum Gasteiger partial charge on any atom is 0.317 e. The summed E-state index contributed by atoms with van der Waals surface area (Å²) in [5, 5.41) is 10.4. The first-order chi connectivity index (χ1) is 8.86. The molecule has 0 radical (unpaired) electrons. The van der Waals surface area contributed by atoms with Crippen molar-refractivity contribution in [1.82, 2.24) is 0 Å². The number of hydrogen-bond donors (Lipinski definition) is 1. The Kier molecular flexibility index (Phi) is 4.94. The van der Waals surface area contributed by atoms with Gasteiger partial charge in [0.05, 0.1) is 7.11 Å². The molecule has 0 aliphatic carbocycles. The summed E-state index contributed by atoms with van der Waals surface area (Å²) in [5.41, 5.74) is -2.05. The molecule has 2 unspecified atom stereocenters. The average Bonchev–Trinajstić information content (AvgIpc) is 2.38. The third-order valence-corrected chi connectivity index (χ3v) is 3.10. The Hall–Kier alpha value is -1.56. The van der Waals surface area contributed by atoms with Gasteiger partial charge in [0.15, 0.2) is 5.92 Å². The average molecular weight is 276 g/mol. The molecule has 2 atom stereocenters. The van der Waals surface area contributed by atoms with Gasteiger partial charge in [-0.05, 0) is 24.1 Å². The number of esters is 1. The predicted octanol–water partition coefficient (Wildman–Crippen LogP) is 2.48. The van der Waals surface area contributed by atoms with Crippen LogP contribution in [-0.2, 0) is 15.1 Å². The molecule has 0 aliphatic heterocycles. The van der Waals surface area contributed by atoms with Gasteiger partial charge in [0, 0.05) is 0 Å². The van der Waals surface area contributed by atoms with Crippen LogP contribution in [0.3, 0.4) is 0 Å². The molecule has 3 nitrogen and oxygen atoms in total. The van der Waals surface area contributed by atoms with Crippen LogP contribution >= 0.6 is 0 Å². The summed E-state index contributed by atoms with van der Waals surface area (Å²) < 4.78 is 43.3. The van der Waals surface area contributed by atoms with Crippen molar-refractivity contribution in [1.29, 1.82) is 0 Å². The largest absolute Gasteiger partial charge is 0.469 e. The van der Waals surface area contributed by atoms with Gasteiger partial charge in [0.1, 0.15) is 11.4 Å². The van der Waals surface area contributed by atoms with Crippen LogP contribution in [0.4, 0.5) is 13.2 Å². The van der Waals surface area contributed by atoms with E-state index in [1.165, 1.54) is 19.1 Å². The molecule has 0 saturated heterocycles. The highest BCUT2D eigenvalue weighted by molar-refractivity contribution is 5.74. The third kappa shape index (κ3) is 3.07. The summed E-state index contributed by atoms with van der Waals surface area (Å²) in [7, 11) is 0.971. The van der Waals surface area contributed by atoms with Crippen molar-refractivity contribution in [2.24, 2.45) is 5.92 Å². The van der Waals surface area contributed by atoms with Gasteiger partial charge in [0.25, 0.3) is 6.43 Å². The fourth-order valence-corrected chi connectivity index (χ4v) is 1.98. The molecule has 0 saturated carbocycles. The predicted molar refractivity (Wildman–Crippen MR) is 62.1 cm³/mol. The first-order valence-electron chi connectivity index (χ1n) is 5.71. The highest BCUT2D eigenvalue weighted by Crippen LogP contribution is 2.37. The van der Waals surface area contributed by atoms with E-state index in [0.29, 0.717) is 0 Å². The van der Waals surface area contributed by atoms with Crippen LogP contribution in [0.5, 0.6) is 0 Å². The highest BCUT2D eigenvalue weighted by atomic mass is 19.3. The summed E-state index contributed by atoms with van der Waals surface area (Å²) in [6.07, 6.45) is -3.23. The van der Waals surface area contributed by atoms with Crippen LogP contribution in [0.2, 0.25) is 0 Å². The molecule has 0 bridgehead atoms. The Morgan fingerprint density at radius 3 is 2.26 bits per heavy atom. The Labute approximate surface area is 109 Å². The number of carbonyl (C=O) groups excluding carboxylic acids is 1. The number of halogens is 3. The molecule has 0 spiro atoms. The molecule has 1 aromatic carbocycles. The van der Waals surface area contributed by atoms with Crippen molar-refractivity contribution in [3.05, 3.63) is 35.6 Å². The van der Waals surface area contributed by atoms with Crippen molar-refractivity contribution in [2.45, 2.75) is 25.4 Å². The second-order valence-corrected chi connectivity index (χ2v) is 4.12. The second-order valence-electron chi connectivity index (χ2n) is 4.12. The number of benzene rings is 1. The lowest BCUT2D eigenvalue weighted by molar-refractivity contribution is -0.170. The van der Waals surface area contributed by atoms with Gasteiger partial charge < -0.3 is 9.84 Å². The fourth-order valence-electron chi connectivity index (χ4n) is 1.98. The van der Waals surface area contributed by atoms with E-state index < -0.39 is 29.7 Å². The van der Waals surface area contributed by atoms with Gasteiger partial charge in [-0.3, -0.25) is 4.79 Å². The van der Waals surface area contributed by atoms with Crippen LogP contribution in [0.25, 0.3) is 0 Å². The molecule has 6 heteroatoms. The van der Waals surface area contributed by atoms with Crippen molar-refractivity contribution in [2.75, 3.05) is 7.11 Å². The van der Waals surface area contributed by atoms with Gasteiger partial charge in [-0.1, -0.05) is 19.1 Å². The number of methoxy groups -OCH3 is 1. The van der Waals surface area contributed by atoms with E-state index in [1.54, 1.807) is 0 Å². The van der Waals surface area contributed by atoms with E-state index in [4.69, 9.17) is 0 Å². The lowest BCUT2D eigenvalue weighted by atomic mass is 9.79. The molecule has 1 aromatic rings. The van der Waals surface area contributed by atoms with Crippen molar-refractivity contribution >= 4 is 5.97 Å². The Balaban J connectivity index is 3.26. The van der Waals surface area contributed by atoms with Gasteiger partial charge in [-0.15, -0.1) is 0 Å². The Morgan fingerprint density at radius 2 is 1.89 bits per heavy atom. The highest BCUT2D eigenvalue weighted by Gasteiger charge is 2.48. The molecule has 0 aromatic heterocycles. The van der Waals surface area contributed by atoms with Crippen LogP contribution < -0.4 is 0 Å². The van der Waals surface area contributed by atoms with Gasteiger partial charge in [-0.2, -0.15) is 0 Å². The summed E-state index contributed by atoms with van der Waals surface area (Å²) >= 11 is 0. The molecule has 19 heavy (non-hydrogen) atoms. The minimum atomic E-state index is -3.09. The zero-order chi connectivity index (χ0) is 14.6. The Morgan fingerprint density at radius 1 is 1.37 bits per heavy atom. The summed E-state index contributed by atoms with van der Waals surface area (Å²) in [6.45, 7) is 1.46. The number of rotatable bonds is 5. The van der Waals surface area contributed by atoms with E-state index in [-0.39, 0.29) is 12.0 Å². The van der Waals surface area contributed by atoms with Crippen molar-refractivity contribution in [3.8, 4) is 0 Å². The summed E-state index contributed by atoms with van der Waals surface area (Å²) in [6, 6.07) is 4.43. The Bertz CT molecular complexity index is 433. The van der Waals surface area contributed by atoms with E-state index in [1.807, 2.05) is 0 Å². The molecule has 0 amide bonds. The number of aliphatic hydroxyl groups is 1. The van der Waals surface area contributed by atoms with Crippen molar-refractivity contribution < 1.29 is 27.8 Å². The lowest BCUT2D eigenvalue weighted by Gasteiger charge is -2.33. The lowest BCUT2D eigenvalue weighted by Crippen LogP contribution is -2.44. The maximum absolute atomic E-state index is 13.0. The normalized spacial score (nSPS) is 15.9. The zero-order valence-corrected chi connectivity index (χ0v) is 10.6. The van der Waals surface area contributed by atoms with E-state index in [2.05, 4.69) is 4.74 Å². The maximum atomic E-state index is 13.0. The number of carbonyl (C=O) groups is 1. The number of ether oxygens (including phenoxy) is 1. The molecule has 0 fully saturated rings. The fraction of sp³-hybridized carbons (Fsp3) is 0.462. The van der Waals surface area contributed by atoms with Crippen LogP contribution in [-0.4, -0.2) is 24.6 Å². The van der Waals surface area contributed by atoms with E-state index in [9.17, 15) is 23.1 Å². The minimum absolute atomic E-state index is 0.0482. The van der Waals surface area contributed by atoms with Gasteiger partial charge in [0.2, 0.25) is 0 Å². The van der Waals surface area contributed by atoms with Gasteiger partial charge >= 0.3 is 5.97 Å². The molecule has 0 heterocycles. The van der Waals surface area contributed by atoms with Crippen LogP contribution in [0.15, 0.2) is 24.3 Å². The van der Waals surface area contributed by atoms with Gasteiger partial charge in [-0.25, -0.2) is 13.2 Å². The first-order valence-corrected chi connectivity index (χ1v) is 5.71. The molecule has 0 aliphatic rings. The quantitative estimate of drug-likeness (QED) is 0.840. The summed E-state index contributed by atoms with van der Waals surface area (Å²) in [5.74, 6) is -3.79. The van der Waals surface area contributed by atoms with Crippen LogP contribution in [0.1, 0.15) is 18.9 Å². The van der Waals surface area contributed by atoms with Crippen LogP contribution in [0, 0.1) is 11.7 Å². The standard InChI is InChI=1S/C13H15F3O3/c1-3-13(18,8-4-6-9(14)7-5-8)10(11(15)16)12(17)19-2/h4-7,10-11,18H,3H2,1-2H3. The third-order valence-electron chi connectivity index (χ3n) is 3.10. The number of hydrogen-bond acceptors (Lipinski definition) is 3. The van der Waals surface area contributed by atoms with E-state index >= 15 is 0 Å². The smallest absolute Gasteiger partial charge is 0.317 e. The molecule has 1 N–H and O–H groups in total. The molecule has 1 rings (SSSR count). The first kappa shape index (κ1) is 15.5. The molecular weight excluding hydrogens is 261 g/mol. The van der Waals surface area contributed by atoms with Crippen molar-refractivity contribution in [3.63, 3.8) is 0 Å². The molecular formula is C13H15F3O3. The van der Waals surface area contributed by atoms with E-state index in [0.717, 1.165) is 19.2 Å². The second kappa shape index (κ2) is 6.06. The monoisotopic (exact) mass is 276 g/mol.